The summed E-state index contributed by atoms with van der Waals surface area (Å²) in [6, 6.07) is 0. The van der Waals surface area contributed by atoms with E-state index in [4.69, 9.17) is 9.73 Å². The number of aryl methyl sites for hydroxylation is 1. The molecule has 0 aliphatic carbocycles. The quantitative estimate of drug-likeness (QED) is 0.323. The van der Waals surface area contributed by atoms with Crippen LogP contribution in [-0.4, -0.2) is 97.2 Å². The summed E-state index contributed by atoms with van der Waals surface area (Å²) in [5, 5.41) is 4.53. The Morgan fingerprint density at radius 3 is 2.52 bits per heavy atom. The molecule has 0 bridgehead atoms. The monoisotopic (exact) mass is 537 g/mol. The van der Waals surface area contributed by atoms with Gasteiger partial charge in [0.25, 0.3) is 0 Å². The molecule has 2 aliphatic rings. The minimum atomic E-state index is 0. The van der Waals surface area contributed by atoms with Crippen molar-refractivity contribution in [2.75, 3.05) is 77.0 Å². The largest absolute Gasteiger partial charge is 0.379 e. The van der Waals surface area contributed by atoms with Crippen LogP contribution in [0, 0.1) is 5.92 Å². The zero-order valence-electron chi connectivity index (χ0n) is 18.0. The van der Waals surface area contributed by atoms with Crippen LogP contribution in [0.5, 0.6) is 0 Å². The molecule has 10 heteroatoms. The van der Waals surface area contributed by atoms with Crippen molar-refractivity contribution in [3.05, 3.63) is 5.82 Å². The SMILES string of the molecule is CCNC(=NCC(C)CN1CCOCC1)N1CCN(c2nc(CC)ns2)CC1.I. The summed E-state index contributed by atoms with van der Waals surface area (Å²) in [4.78, 5) is 16.8. The molecule has 1 atom stereocenters. The molecule has 3 rings (SSSR count). The Balaban J connectivity index is 0.00000300. The molecule has 0 aromatic carbocycles. The van der Waals surface area contributed by atoms with Gasteiger partial charge < -0.3 is 19.9 Å². The molecule has 29 heavy (non-hydrogen) atoms. The van der Waals surface area contributed by atoms with Crippen molar-refractivity contribution in [2.45, 2.75) is 27.2 Å². The third-order valence-electron chi connectivity index (χ3n) is 5.18. The fourth-order valence-corrected chi connectivity index (χ4v) is 4.38. The average molecular weight is 538 g/mol. The Kier molecular flexibility index (Phi) is 10.9. The predicted octanol–water partition coefficient (Wildman–Crippen LogP) is 1.77. The van der Waals surface area contributed by atoms with Gasteiger partial charge in [-0.15, -0.1) is 24.0 Å². The fourth-order valence-electron chi connectivity index (χ4n) is 3.58. The Bertz CT molecular complexity index is 615. The van der Waals surface area contributed by atoms with E-state index in [0.29, 0.717) is 5.92 Å². The molecule has 2 saturated heterocycles. The van der Waals surface area contributed by atoms with Gasteiger partial charge in [0.15, 0.2) is 5.96 Å². The van der Waals surface area contributed by atoms with Crippen LogP contribution in [0.25, 0.3) is 0 Å². The molecule has 0 spiro atoms. The van der Waals surface area contributed by atoms with Gasteiger partial charge in [-0.3, -0.25) is 9.89 Å². The van der Waals surface area contributed by atoms with Gasteiger partial charge in [-0.05, 0) is 12.8 Å². The van der Waals surface area contributed by atoms with Crippen molar-refractivity contribution in [1.29, 1.82) is 0 Å². The number of rotatable bonds is 7. The highest BCUT2D eigenvalue weighted by Gasteiger charge is 2.22. The number of anilines is 1. The lowest BCUT2D eigenvalue weighted by atomic mass is 10.1. The van der Waals surface area contributed by atoms with Crippen LogP contribution in [0.4, 0.5) is 5.13 Å². The Morgan fingerprint density at radius 2 is 1.90 bits per heavy atom. The second-order valence-corrected chi connectivity index (χ2v) is 8.26. The van der Waals surface area contributed by atoms with Crippen molar-refractivity contribution < 1.29 is 4.74 Å². The van der Waals surface area contributed by atoms with Crippen LogP contribution < -0.4 is 10.2 Å². The number of morpholine rings is 1. The molecule has 0 radical (unpaired) electrons. The number of ether oxygens (including phenoxy) is 1. The van der Waals surface area contributed by atoms with E-state index in [1.54, 1.807) is 0 Å². The number of aliphatic imine (C=N–C) groups is 1. The lowest BCUT2D eigenvalue weighted by molar-refractivity contribution is 0.0323. The van der Waals surface area contributed by atoms with Gasteiger partial charge >= 0.3 is 0 Å². The molecule has 166 valence electrons. The second kappa shape index (κ2) is 12.9. The summed E-state index contributed by atoms with van der Waals surface area (Å²) in [5.74, 6) is 2.54. The molecule has 3 heterocycles. The van der Waals surface area contributed by atoms with Crippen LogP contribution in [-0.2, 0) is 11.2 Å². The van der Waals surface area contributed by atoms with Crippen LogP contribution in [0.2, 0.25) is 0 Å². The standard InChI is InChI=1S/C19H35N7OS.HI/c1-4-17-22-19(28-23-17)26-8-6-25(7-9-26)18(20-5-2)21-14-16(3)15-24-10-12-27-13-11-24;/h16H,4-15H2,1-3H3,(H,20,21);1H. The molecule has 2 fully saturated rings. The minimum absolute atomic E-state index is 0. The molecule has 1 unspecified atom stereocenters. The first-order valence-corrected chi connectivity index (χ1v) is 11.4. The number of hydrogen-bond acceptors (Lipinski definition) is 7. The van der Waals surface area contributed by atoms with E-state index in [0.717, 1.165) is 95.5 Å². The molecule has 0 amide bonds. The zero-order valence-corrected chi connectivity index (χ0v) is 21.1. The lowest BCUT2D eigenvalue weighted by Crippen LogP contribution is -2.52. The van der Waals surface area contributed by atoms with Crippen molar-refractivity contribution in [2.24, 2.45) is 10.9 Å². The van der Waals surface area contributed by atoms with Crippen LogP contribution in [0.3, 0.4) is 0 Å². The summed E-state index contributed by atoms with van der Waals surface area (Å²) < 4.78 is 9.86. The van der Waals surface area contributed by atoms with E-state index in [1.807, 2.05) is 0 Å². The Hall–Kier alpha value is -0.720. The van der Waals surface area contributed by atoms with Crippen molar-refractivity contribution in [3.63, 3.8) is 0 Å². The highest BCUT2D eigenvalue weighted by molar-refractivity contribution is 14.0. The van der Waals surface area contributed by atoms with E-state index >= 15 is 0 Å². The summed E-state index contributed by atoms with van der Waals surface area (Å²) in [5.41, 5.74) is 0. The Labute approximate surface area is 196 Å². The number of guanidine groups is 1. The normalized spacial score (nSPS) is 19.8. The maximum absolute atomic E-state index is 5.44. The van der Waals surface area contributed by atoms with E-state index in [-0.39, 0.29) is 24.0 Å². The number of piperazine rings is 1. The molecular weight excluding hydrogens is 501 g/mol. The second-order valence-electron chi connectivity index (χ2n) is 7.53. The lowest BCUT2D eigenvalue weighted by Gasteiger charge is -2.36. The van der Waals surface area contributed by atoms with Gasteiger partial charge in [0, 0.05) is 76.9 Å². The summed E-state index contributed by atoms with van der Waals surface area (Å²) in [7, 11) is 0. The van der Waals surface area contributed by atoms with Gasteiger partial charge in [0.2, 0.25) is 5.13 Å². The molecule has 1 aromatic heterocycles. The van der Waals surface area contributed by atoms with Gasteiger partial charge in [0.1, 0.15) is 5.82 Å². The number of nitrogens with one attached hydrogen (secondary N) is 1. The van der Waals surface area contributed by atoms with Gasteiger partial charge in [0.05, 0.1) is 13.2 Å². The predicted molar refractivity (Wildman–Crippen MR) is 131 cm³/mol. The van der Waals surface area contributed by atoms with Crippen molar-refractivity contribution >= 4 is 46.6 Å². The summed E-state index contributed by atoms with van der Waals surface area (Å²) in [6.45, 7) is 17.0. The minimum Gasteiger partial charge on any atom is -0.379 e. The Morgan fingerprint density at radius 1 is 1.17 bits per heavy atom. The van der Waals surface area contributed by atoms with Crippen molar-refractivity contribution in [3.8, 4) is 0 Å². The zero-order chi connectivity index (χ0) is 19.8. The number of hydrogen-bond donors (Lipinski definition) is 1. The molecule has 8 nitrogen and oxygen atoms in total. The molecule has 2 aliphatic heterocycles. The maximum atomic E-state index is 5.44. The van der Waals surface area contributed by atoms with Crippen molar-refractivity contribution in [1.82, 2.24) is 24.5 Å². The molecular formula is C19H36IN7OS. The van der Waals surface area contributed by atoms with E-state index < -0.39 is 0 Å². The molecule has 1 aromatic rings. The third-order valence-corrected chi connectivity index (χ3v) is 6.00. The van der Waals surface area contributed by atoms with E-state index in [2.05, 4.69) is 50.1 Å². The highest BCUT2D eigenvalue weighted by atomic mass is 127. The molecule has 0 saturated carbocycles. The average Bonchev–Trinajstić information content (AvgIpc) is 3.21. The van der Waals surface area contributed by atoms with Crippen LogP contribution in [0.1, 0.15) is 26.6 Å². The number of nitrogens with zero attached hydrogens (tertiary/aromatic N) is 6. The smallest absolute Gasteiger partial charge is 0.205 e. The van der Waals surface area contributed by atoms with Gasteiger partial charge in [-0.1, -0.05) is 13.8 Å². The van der Waals surface area contributed by atoms with Crippen LogP contribution in [0.15, 0.2) is 4.99 Å². The summed E-state index contributed by atoms with van der Waals surface area (Å²) in [6.07, 6.45) is 0.899. The molecule has 1 N–H and O–H groups in total. The fraction of sp³-hybridized carbons (Fsp3) is 0.842. The first-order chi connectivity index (χ1) is 13.7. The first kappa shape index (κ1) is 24.5. The maximum Gasteiger partial charge on any atom is 0.205 e. The first-order valence-electron chi connectivity index (χ1n) is 10.6. The summed E-state index contributed by atoms with van der Waals surface area (Å²) >= 11 is 1.52. The number of halogens is 1. The topological polar surface area (TPSA) is 69.1 Å². The van der Waals surface area contributed by atoms with E-state index in [9.17, 15) is 0 Å². The van der Waals surface area contributed by atoms with E-state index in [1.165, 1.54) is 11.5 Å². The third kappa shape index (κ3) is 7.48. The van der Waals surface area contributed by atoms with Crippen LogP contribution >= 0.6 is 35.5 Å². The highest BCUT2D eigenvalue weighted by Crippen LogP contribution is 2.19. The van der Waals surface area contributed by atoms with Gasteiger partial charge in [-0.2, -0.15) is 4.37 Å². The van der Waals surface area contributed by atoms with Gasteiger partial charge in [-0.25, -0.2) is 4.98 Å². The number of aromatic nitrogens is 2.